The molecule has 0 unspecified atom stereocenters. The Labute approximate surface area is 136 Å². The van der Waals surface area contributed by atoms with Crippen LogP contribution in [0.3, 0.4) is 0 Å². The summed E-state index contributed by atoms with van der Waals surface area (Å²) in [5.41, 5.74) is -0.211. The third-order valence-electron chi connectivity index (χ3n) is 3.13. The number of ketones is 1. The first-order valence-corrected chi connectivity index (χ1v) is 8.00. The Morgan fingerprint density at radius 3 is 2.30 bits per heavy atom. The first kappa shape index (κ1) is 17.1. The second-order valence-electron chi connectivity index (χ2n) is 4.71. The molecule has 0 aliphatic rings. The molecule has 0 radical (unpaired) electrons. The molecule has 1 N–H and O–H groups in total. The molecule has 23 heavy (non-hydrogen) atoms. The lowest BCUT2D eigenvalue weighted by Crippen LogP contribution is -2.07. The van der Waals surface area contributed by atoms with Crippen molar-refractivity contribution in [3.05, 3.63) is 68.2 Å². The van der Waals surface area contributed by atoms with Gasteiger partial charge in [-0.05, 0) is 30.7 Å². The standard InChI is InChI=1S/C14H10ClNO6S/c1-8-2-3-10(7-13(8)23(20,21)22)14(17)9-4-5-11(15)12(6-9)16(18)19/h2-7H,1H3,(H,20,21,22). The highest BCUT2D eigenvalue weighted by molar-refractivity contribution is 7.85. The number of halogens is 1. The van der Waals surface area contributed by atoms with Crippen molar-refractivity contribution >= 4 is 33.2 Å². The van der Waals surface area contributed by atoms with Crippen LogP contribution in [0.1, 0.15) is 21.5 Å². The van der Waals surface area contributed by atoms with Crippen LogP contribution in [0.5, 0.6) is 0 Å². The lowest BCUT2D eigenvalue weighted by molar-refractivity contribution is -0.384. The number of rotatable bonds is 4. The van der Waals surface area contributed by atoms with Crippen molar-refractivity contribution in [1.82, 2.24) is 0 Å². The lowest BCUT2D eigenvalue weighted by atomic mass is 10.0. The van der Waals surface area contributed by atoms with Crippen molar-refractivity contribution in [2.45, 2.75) is 11.8 Å². The summed E-state index contributed by atoms with van der Waals surface area (Å²) in [6.07, 6.45) is 0. The van der Waals surface area contributed by atoms with Gasteiger partial charge in [0.2, 0.25) is 0 Å². The zero-order chi connectivity index (χ0) is 17.4. The highest BCUT2D eigenvalue weighted by atomic mass is 35.5. The van der Waals surface area contributed by atoms with Crippen molar-refractivity contribution in [2.75, 3.05) is 0 Å². The van der Waals surface area contributed by atoms with Crippen molar-refractivity contribution in [3.8, 4) is 0 Å². The van der Waals surface area contributed by atoms with Gasteiger partial charge in [-0.25, -0.2) is 0 Å². The van der Waals surface area contributed by atoms with Crippen LogP contribution < -0.4 is 0 Å². The monoisotopic (exact) mass is 355 g/mol. The molecule has 0 amide bonds. The molecule has 2 aromatic carbocycles. The van der Waals surface area contributed by atoms with Gasteiger partial charge in [-0.15, -0.1) is 0 Å². The molecule has 0 atom stereocenters. The van der Waals surface area contributed by atoms with Gasteiger partial charge >= 0.3 is 0 Å². The molecule has 9 heteroatoms. The molecular formula is C14H10ClNO6S. The van der Waals surface area contributed by atoms with E-state index in [2.05, 4.69) is 0 Å². The Balaban J connectivity index is 2.54. The Hall–Kier alpha value is -2.29. The van der Waals surface area contributed by atoms with E-state index < -0.39 is 31.4 Å². The topological polar surface area (TPSA) is 115 Å². The summed E-state index contributed by atoms with van der Waals surface area (Å²) in [5.74, 6) is -0.630. The Morgan fingerprint density at radius 2 is 1.74 bits per heavy atom. The predicted octanol–water partition coefficient (Wildman–Crippen LogP) is 3.03. The van der Waals surface area contributed by atoms with Gasteiger partial charge in [-0.1, -0.05) is 23.7 Å². The molecule has 0 saturated carbocycles. The summed E-state index contributed by atoms with van der Waals surface area (Å²) < 4.78 is 31.7. The zero-order valence-electron chi connectivity index (χ0n) is 11.7. The number of hydrogen-bond acceptors (Lipinski definition) is 5. The number of aryl methyl sites for hydroxylation is 1. The first-order valence-electron chi connectivity index (χ1n) is 6.18. The predicted molar refractivity (Wildman–Crippen MR) is 82.5 cm³/mol. The number of benzene rings is 2. The lowest BCUT2D eigenvalue weighted by Gasteiger charge is -2.06. The van der Waals surface area contributed by atoms with E-state index >= 15 is 0 Å². The molecule has 120 valence electrons. The second kappa shape index (κ2) is 6.07. The minimum atomic E-state index is -4.48. The number of nitro benzene ring substituents is 1. The Morgan fingerprint density at radius 1 is 1.17 bits per heavy atom. The van der Waals surface area contributed by atoms with E-state index in [0.717, 1.165) is 12.1 Å². The van der Waals surface area contributed by atoms with E-state index in [1.807, 2.05) is 0 Å². The second-order valence-corrected chi connectivity index (χ2v) is 6.50. The number of hydrogen-bond donors (Lipinski definition) is 1. The first-order chi connectivity index (χ1) is 10.6. The Bertz CT molecular complexity index is 923. The molecule has 0 aliphatic heterocycles. The number of carbonyl (C=O) groups excluding carboxylic acids is 1. The summed E-state index contributed by atoms with van der Waals surface area (Å²) in [7, 11) is -4.48. The maximum atomic E-state index is 12.4. The number of nitrogens with zero attached hydrogens (tertiary/aromatic N) is 1. The summed E-state index contributed by atoms with van der Waals surface area (Å²) in [6.45, 7) is 1.46. The van der Waals surface area contributed by atoms with Gasteiger partial charge in [-0.2, -0.15) is 8.42 Å². The number of nitro groups is 1. The maximum absolute atomic E-state index is 12.4. The molecule has 0 heterocycles. The van der Waals surface area contributed by atoms with Crippen LogP contribution in [0.25, 0.3) is 0 Å². The van der Waals surface area contributed by atoms with Gasteiger partial charge < -0.3 is 0 Å². The van der Waals surface area contributed by atoms with Gasteiger partial charge in [0.25, 0.3) is 15.8 Å². The molecule has 2 aromatic rings. The highest BCUT2D eigenvalue weighted by Gasteiger charge is 2.20. The van der Waals surface area contributed by atoms with Gasteiger partial charge in [0.1, 0.15) is 5.02 Å². The molecule has 0 saturated heterocycles. The molecule has 2 rings (SSSR count). The zero-order valence-corrected chi connectivity index (χ0v) is 13.3. The molecule has 0 aromatic heterocycles. The maximum Gasteiger partial charge on any atom is 0.294 e. The molecular weight excluding hydrogens is 346 g/mol. The minimum absolute atomic E-state index is 0.0220. The van der Waals surface area contributed by atoms with E-state index in [9.17, 15) is 23.3 Å². The highest BCUT2D eigenvalue weighted by Crippen LogP contribution is 2.27. The smallest absolute Gasteiger partial charge is 0.289 e. The number of carbonyl (C=O) groups is 1. The van der Waals surface area contributed by atoms with E-state index in [1.54, 1.807) is 0 Å². The molecule has 0 spiro atoms. The summed E-state index contributed by atoms with van der Waals surface area (Å²) >= 11 is 5.68. The van der Waals surface area contributed by atoms with Crippen molar-refractivity contribution in [3.63, 3.8) is 0 Å². The van der Waals surface area contributed by atoms with Crippen LogP contribution in [0, 0.1) is 17.0 Å². The normalized spacial score (nSPS) is 11.3. The van der Waals surface area contributed by atoms with Crippen LogP contribution in [-0.4, -0.2) is 23.7 Å². The van der Waals surface area contributed by atoms with E-state index in [1.165, 1.54) is 31.2 Å². The minimum Gasteiger partial charge on any atom is -0.289 e. The van der Waals surface area contributed by atoms with Gasteiger partial charge in [0.05, 0.1) is 9.82 Å². The molecule has 0 fully saturated rings. The fraction of sp³-hybridized carbons (Fsp3) is 0.0714. The van der Waals surface area contributed by atoms with Gasteiger partial charge in [0, 0.05) is 17.2 Å². The summed E-state index contributed by atoms with van der Waals surface area (Å²) in [5, 5.41) is 10.7. The largest absolute Gasteiger partial charge is 0.294 e. The van der Waals surface area contributed by atoms with Crippen molar-refractivity contribution < 1.29 is 22.7 Å². The van der Waals surface area contributed by atoms with E-state index in [0.29, 0.717) is 0 Å². The van der Waals surface area contributed by atoms with Gasteiger partial charge in [-0.3, -0.25) is 19.5 Å². The third kappa shape index (κ3) is 3.55. The van der Waals surface area contributed by atoms with Crippen molar-refractivity contribution in [1.29, 1.82) is 0 Å². The summed E-state index contributed by atoms with van der Waals surface area (Å²) in [6, 6.07) is 7.27. The molecule has 0 bridgehead atoms. The fourth-order valence-corrected chi connectivity index (χ4v) is 2.92. The third-order valence-corrected chi connectivity index (χ3v) is 4.45. The van der Waals surface area contributed by atoms with E-state index in [-0.39, 0.29) is 21.7 Å². The SMILES string of the molecule is Cc1ccc(C(=O)c2ccc(Cl)c([N+](=O)[O-])c2)cc1S(=O)(=O)O. The van der Waals surface area contributed by atoms with Crippen LogP contribution in [0.4, 0.5) is 5.69 Å². The van der Waals surface area contributed by atoms with Crippen LogP contribution in [0.15, 0.2) is 41.3 Å². The van der Waals surface area contributed by atoms with E-state index in [4.69, 9.17) is 16.2 Å². The quantitative estimate of drug-likeness (QED) is 0.390. The van der Waals surface area contributed by atoms with Crippen molar-refractivity contribution in [2.24, 2.45) is 0 Å². The summed E-state index contributed by atoms with van der Waals surface area (Å²) in [4.78, 5) is 22.1. The van der Waals surface area contributed by atoms with Gasteiger partial charge in [0.15, 0.2) is 5.78 Å². The van der Waals surface area contributed by atoms with Crippen LogP contribution in [-0.2, 0) is 10.1 Å². The Kier molecular flexibility index (Phi) is 4.51. The average Bonchev–Trinajstić information content (AvgIpc) is 2.46. The van der Waals surface area contributed by atoms with Crippen LogP contribution >= 0.6 is 11.6 Å². The molecule has 7 nitrogen and oxygen atoms in total. The average molecular weight is 356 g/mol. The fourth-order valence-electron chi connectivity index (χ4n) is 1.98. The van der Waals surface area contributed by atoms with Crippen LogP contribution in [0.2, 0.25) is 5.02 Å². The molecule has 0 aliphatic carbocycles.